The third-order valence-electron chi connectivity index (χ3n) is 3.72. The van der Waals surface area contributed by atoms with Gasteiger partial charge in [-0.3, -0.25) is 4.57 Å². The maximum atomic E-state index is 5.74. The molecule has 4 rings (SSSR count). The van der Waals surface area contributed by atoms with Crippen LogP contribution in [0.2, 0.25) is 0 Å². The highest BCUT2D eigenvalue weighted by Gasteiger charge is 2.22. The topological polar surface area (TPSA) is 64.9 Å². The average molecular weight is 439 g/mol. The van der Waals surface area contributed by atoms with Crippen LogP contribution in [0.15, 0.2) is 39.8 Å². The molecule has 1 aliphatic heterocycles. The predicted molar refractivity (Wildman–Crippen MR) is 94.7 cm³/mol. The summed E-state index contributed by atoms with van der Waals surface area (Å²) < 4.78 is 9.26. The van der Waals surface area contributed by atoms with Gasteiger partial charge >= 0.3 is 0 Å². The molecule has 1 aliphatic rings. The van der Waals surface area contributed by atoms with Crippen LogP contribution in [0, 0.1) is 0 Å². The summed E-state index contributed by atoms with van der Waals surface area (Å²) in [7, 11) is 0. The first-order chi connectivity index (χ1) is 11.2. The lowest BCUT2D eigenvalue weighted by Crippen LogP contribution is -2.07. The van der Waals surface area contributed by atoms with E-state index in [-0.39, 0.29) is 6.23 Å². The third-order valence-corrected chi connectivity index (χ3v) is 4.60. The Labute approximate surface area is 149 Å². The summed E-state index contributed by atoms with van der Waals surface area (Å²) in [5.41, 5.74) is 2.43. The first-order valence-corrected chi connectivity index (χ1v) is 8.83. The normalized spacial score (nSPS) is 17.7. The second kappa shape index (κ2) is 6.18. The Morgan fingerprint density at radius 1 is 1.17 bits per heavy atom. The van der Waals surface area contributed by atoms with Crippen LogP contribution in [-0.4, -0.2) is 26.1 Å². The van der Waals surface area contributed by atoms with Crippen LogP contribution >= 0.6 is 31.9 Å². The lowest BCUT2D eigenvalue weighted by molar-refractivity contribution is 0.0592. The van der Waals surface area contributed by atoms with Gasteiger partial charge in [0, 0.05) is 16.8 Å². The molecular weight excluding hydrogens is 426 g/mol. The molecule has 1 saturated heterocycles. The average Bonchev–Trinajstić information content (AvgIpc) is 3.18. The number of imidazole rings is 1. The molecule has 23 heavy (non-hydrogen) atoms. The summed E-state index contributed by atoms with van der Waals surface area (Å²) in [5.74, 6) is 0.668. The largest absolute Gasteiger partial charge is 0.358 e. The van der Waals surface area contributed by atoms with E-state index >= 15 is 0 Å². The third kappa shape index (κ3) is 2.98. The lowest BCUT2D eigenvalue weighted by atomic mass is 10.3. The number of fused-ring (bicyclic) bond motifs is 1. The van der Waals surface area contributed by atoms with Gasteiger partial charge in [-0.1, -0.05) is 15.9 Å². The predicted octanol–water partition coefficient (Wildman–Crippen LogP) is 4.40. The minimum Gasteiger partial charge on any atom is -0.358 e. The molecule has 8 heteroatoms. The Balaban J connectivity index is 1.75. The van der Waals surface area contributed by atoms with Crippen molar-refractivity contribution in [3.8, 4) is 0 Å². The minimum atomic E-state index is 0.00216. The van der Waals surface area contributed by atoms with Gasteiger partial charge in [-0.05, 0) is 53.0 Å². The Hall–Kier alpha value is -1.51. The van der Waals surface area contributed by atoms with Crippen molar-refractivity contribution in [3.05, 3.63) is 39.8 Å². The van der Waals surface area contributed by atoms with Crippen molar-refractivity contribution in [2.75, 3.05) is 11.9 Å². The van der Waals surface area contributed by atoms with Gasteiger partial charge in [0.1, 0.15) is 6.23 Å². The van der Waals surface area contributed by atoms with E-state index in [9.17, 15) is 0 Å². The molecule has 3 heterocycles. The molecule has 1 aromatic carbocycles. The second-order valence-corrected chi connectivity index (χ2v) is 6.89. The molecule has 1 N–H and O–H groups in total. The summed E-state index contributed by atoms with van der Waals surface area (Å²) in [6, 6.07) is 7.90. The SMILES string of the molecule is Brc1ccc(Nc2nc(Br)nc3c2ncn3C2CCCO2)cc1. The van der Waals surface area contributed by atoms with E-state index in [0.717, 1.165) is 40.8 Å². The van der Waals surface area contributed by atoms with Crippen molar-refractivity contribution >= 4 is 54.5 Å². The number of hydrogen-bond donors (Lipinski definition) is 1. The van der Waals surface area contributed by atoms with E-state index in [1.165, 1.54) is 0 Å². The number of halogens is 2. The van der Waals surface area contributed by atoms with Crippen LogP contribution in [0.3, 0.4) is 0 Å². The zero-order valence-electron chi connectivity index (χ0n) is 12.0. The van der Waals surface area contributed by atoms with Crippen molar-refractivity contribution in [3.63, 3.8) is 0 Å². The van der Waals surface area contributed by atoms with E-state index in [1.54, 1.807) is 6.33 Å². The van der Waals surface area contributed by atoms with E-state index in [1.807, 2.05) is 28.8 Å². The molecule has 0 aliphatic carbocycles. The Morgan fingerprint density at radius 2 is 2.00 bits per heavy atom. The number of benzene rings is 1. The van der Waals surface area contributed by atoms with Gasteiger partial charge in [-0.25, -0.2) is 15.0 Å². The number of nitrogens with one attached hydrogen (secondary N) is 1. The van der Waals surface area contributed by atoms with Gasteiger partial charge in [0.25, 0.3) is 0 Å². The zero-order valence-corrected chi connectivity index (χ0v) is 15.2. The van der Waals surface area contributed by atoms with Crippen LogP contribution in [0.4, 0.5) is 11.5 Å². The minimum absolute atomic E-state index is 0.00216. The first kappa shape index (κ1) is 15.0. The van der Waals surface area contributed by atoms with Crippen LogP contribution in [0.1, 0.15) is 19.1 Å². The monoisotopic (exact) mass is 437 g/mol. The fraction of sp³-hybridized carbons (Fsp3) is 0.267. The molecule has 0 spiro atoms. The molecule has 1 unspecified atom stereocenters. The highest BCUT2D eigenvalue weighted by molar-refractivity contribution is 9.10. The highest BCUT2D eigenvalue weighted by Crippen LogP contribution is 2.30. The summed E-state index contributed by atoms with van der Waals surface area (Å²) in [6.45, 7) is 0.778. The van der Waals surface area contributed by atoms with Gasteiger partial charge < -0.3 is 10.1 Å². The van der Waals surface area contributed by atoms with Gasteiger partial charge in [0.15, 0.2) is 17.0 Å². The summed E-state index contributed by atoms with van der Waals surface area (Å²) in [6.07, 6.45) is 3.81. The molecule has 0 amide bonds. The van der Waals surface area contributed by atoms with Crippen molar-refractivity contribution < 1.29 is 4.74 Å². The van der Waals surface area contributed by atoms with E-state index in [0.29, 0.717) is 10.6 Å². The molecule has 1 atom stereocenters. The zero-order chi connectivity index (χ0) is 15.8. The van der Waals surface area contributed by atoms with Crippen LogP contribution < -0.4 is 5.32 Å². The number of ether oxygens (including phenoxy) is 1. The van der Waals surface area contributed by atoms with Gasteiger partial charge in [-0.2, -0.15) is 0 Å². The van der Waals surface area contributed by atoms with Gasteiger partial charge in [0.2, 0.25) is 4.73 Å². The Bertz CT molecular complexity index is 843. The van der Waals surface area contributed by atoms with Crippen LogP contribution in [-0.2, 0) is 4.74 Å². The highest BCUT2D eigenvalue weighted by atomic mass is 79.9. The number of hydrogen-bond acceptors (Lipinski definition) is 5. The van der Waals surface area contributed by atoms with Crippen molar-refractivity contribution in [1.82, 2.24) is 19.5 Å². The molecule has 0 radical (unpaired) electrons. The smallest absolute Gasteiger partial charge is 0.200 e. The summed E-state index contributed by atoms with van der Waals surface area (Å²) in [5, 5.41) is 3.30. The molecule has 0 bridgehead atoms. The molecule has 2 aromatic heterocycles. The molecule has 3 aromatic rings. The number of rotatable bonds is 3. The van der Waals surface area contributed by atoms with E-state index in [2.05, 4.69) is 52.1 Å². The van der Waals surface area contributed by atoms with Crippen molar-refractivity contribution in [2.24, 2.45) is 0 Å². The fourth-order valence-corrected chi connectivity index (χ4v) is 3.25. The maximum Gasteiger partial charge on any atom is 0.200 e. The quantitative estimate of drug-likeness (QED) is 0.613. The molecule has 1 fully saturated rings. The Morgan fingerprint density at radius 3 is 2.74 bits per heavy atom. The van der Waals surface area contributed by atoms with E-state index < -0.39 is 0 Å². The number of anilines is 2. The van der Waals surface area contributed by atoms with Crippen LogP contribution in [0.5, 0.6) is 0 Å². The lowest BCUT2D eigenvalue weighted by Gasteiger charge is -2.12. The Kier molecular flexibility index (Phi) is 4.04. The second-order valence-electron chi connectivity index (χ2n) is 5.26. The number of aromatic nitrogens is 4. The summed E-state index contributed by atoms with van der Waals surface area (Å²) in [4.78, 5) is 13.4. The van der Waals surface area contributed by atoms with Gasteiger partial charge in [0.05, 0.1) is 6.33 Å². The van der Waals surface area contributed by atoms with Crippen molar-refractivity contribution in [2.45, 2.75) is 19.1 Å². The molecule has 118 valence electrons. The summed E-state index contributed by atoms with van der Waals surface area (Å²) >= 11 is 6.82. The van der Waals surface area contributed by atoms with Crippen molar-refractivity contribution in [1.29, 1.82) is 0 Å². The molecule has 6 nitrogen and oxygen atoms in total. The molecular formula is C15H13Br2N5O. The number of nitrogens with zero attached hydrogens (tertiary/aromatic N) is 4. The fourth-order valence-electron chi connectivity index (χ4n) is 2.64. The molecule has 0 saturated carbocycles. The first-order valence-electron chi connectivity index (χ1n) is 7.25. The maximum absolute atomic E-state index is 5.74. The van der Waals surface area contributed by atoms with Gasteiger partial charge in [-0.15, -0.1) is 0 Å². The van der Waals surface area contributed by atoms with Crippen LogP contribution in [0.25, 0.3) is 11.2 Å². The van der Waals surface area contributed by atoms with E-state index in [4.69, 9.17) is 4.74 Å². The standard InChI is InChI=1S/C15H13Br2N5O/c16-9-3-5-10(6-4-9)19-13-12-14(21-15(17)20-13)22(8-18-12)11-2-1-7-23-11/h3-6,8,11H,1-2,7H2,(H,19,20,21).